The molecule has 0 radical (unpaired) electrons. The third kappa shape index (κ3) is 2.96. The van der Waals surface area contributed by atoms with E-state index in [1.807, 2.05) is 25.4 Å². The molecule has 1 aliphatic rings. The Kier molecular flexibility index (Phi) is 3.92. The number of nitrogens with one attached hydrogen (secondary N) is 2. The number of hydrogen-bond acceptors (Lipinski definition) is 5. The van der Waals surface area contributed by atoms with Crippen LogP contribution in [0.2, 0.25) is 0 Å². The van der Waals surface area contributed by atoms with E-state index in [9.17, 15) is 0 Å². The van der Waals surface area contributed by atoms with Gasteiger partial charge in [0.15, 0.2) is 0 Å². The molecule has 0 bridgehead atoms. The second-order valence-corrected chi connectivity index (χ2v) is 5.17. The first kappa shape index (κ1) is 13.1. The maximum absolute atomic E-state index is 4.59. The highest BCUT2D eigenvalue weighted by Crippen LogP contribution is 2.16. The first-order valence-electron chi connectivity index (χ1n) is 7.07. The molecule has 20 heavy (non-hydrogen) atoms. The molecule has 3 heterocycles. The van der Waals surface area contributed by atoms with Crippen molar-refractivity contribution >= 4 is 5.95 Å². The van der Waals surface area contributed by atoms with Crippen LogP contribution in [0.25, 0.3) is 0 Å². The van der Waals surface area contributed by atoms with Crippen LogP contribution in [0.3, 0.4) is 0 Å². The van der Waals surface area contributed by atoms with Gasteiger partial charge in [0.2, 0.25) is 5.95 Å². The van der Waals surface area contributed by atoms with Gasteiger partial charge in [0.1, 0.15) is 5.82 Å². The fourth-order valence-corrected chi connectivity index (χ4v) is 2.57. The molecule has 0 aromatic carbocycles. The number of pyridine rings is 1. The lowest BCUT2D eigenvalue weighted by Gasteiger charge is -2.30. The summed E-state index contributed by atoms with van der Waals surface area (Å²) in [6.45, 7) is 2.02. The molecule has 0 amide bonds. The molecule has 1 saturated heterocycles. The first-order valence-corrected chi connectivity index (χ1v) is 7.07. The van der Waals surface area contributed by atoms with Crippen molar-refractivity contribution in [3.05, 3.63) is 35.9 Å². The summed E-state index contributed by atoms with van der Waals surface area (Å²) >= 11 is 0. The summed E-state index contributed by atoms with van der Waals surface area (Å²) in [6, 6.07) is 4.61. The number of H-pyrrole nitrogens is 1. The van der Waals surface area contributed by atoms with Gasteiger partial charge < -0.3 is 10.2 Å². The van der Waals surface area contributed by atoms with Crippen LogP contribution in [0.4, 0.5) is 5.95 Å². The number of aromatic amines is 1. The van der Waals surface area contributed by atoms with E-state index in [2.05, 4.69) is 30.4 Å². The monoisotopic (exact) mass is 272 g/mol. The quantitative estimate of drug-likeness (QED) is 0.868. The van der Waals surface area contributed by atoms with Crippen molar-refractivity contribution < 1.29 is 0 Å². The van der Waals surface area contributed by atoms with Gasteiger partial charge in [0, 0.05) is 37.9 Å². The average molecular weight is 272 g/mol. The molecule has 1 fully saturated rings. The normalized spacial score (nSPS) is 16.6. The van der Waals surface area contributed by atoms with E-state index in [1.54, 1.807) is 6.20 Å². The largest absolute Gasteiger partial charge is 0.339 e. The zero-order valence-corrected chi connectivity index (χ0v) is 11.7. The van der Waals surface area contributed by atoms with Crippen LogP contribution in [-0.4, -0.2) is 46.3 Å². The predicted octanol–water partition coefficient (Wildman–Crippen LogP) is 0.979. The molecule has 1 aliphatic heterocycles. The highest BCUT2D eigenvalue weighted by Gasteiger charge is 2.20. The first-order chi connectivity index (χ1) is 9.85. The standard InChI is InChI=1S/C14H20N6/c1-15-12-4-7-20(8-5-12)14-17-13(18-19-14)9-11-3-2-6-16-10-11/h2-3,6,10,12,15H,4-5,7-9H2,1H3,(H,17,18,19). The molecular formula is C14H20N6. The van der Waals surface area contributed by atoms with Crippen molar-refractivity contribution in [1.82, 2.24) is 25.5 Å². The lowest BCUT2D eigenvalue weighted by molar-refractivity contribution is 0.439. The van der Waals surface area contributed by atoms with Gasteiger partial charge in [-0.15, -0.1) is 5.10 Å². The average Bonchev–Trinajstić information content (AvgIpc) is 2.97. The summed E-state index contributed by atoms with van der Waals surface area (Å²) in [6.07, 6.45) is 6.67. The summed E-state index contributed by atoms with van der Waals surface area (Å²) in [5.74, 6) is 1.71. The van der Waals surface area contributed by atoms with E-state index in [1.165, 1.54) is 0 Å². The Balaban J connectivity index is 1.62. The van der Waals surface area contributed by atoms with Crippen molar-refractivity contribution in [2.75, 3.05) is 25.0 Å². The van der Waals surface area contributed by atoms with Gasteiger partial charge in [0.25, 0.3) is 0 Å². The molecule has 0 aliphatic carbocycles. The van der Waals surface area contributed by atoms with Crippen LogP contribution in [0.15, 0.2) is 24.5 Å². The molecule has 2 N–H and O–H groups in total. The van der Waals surface area contributed by atoms with Crippen LogP contribution in [0, 0.1) is 0 Å². The summed E-state index contributed by atoms with van der Waals surface area (Å²) in [4.78, 5) is 11.0. The topological polar surface area (TPSA) is 69.7 Å². The highest BCUT2D eigenvalue weighted by molar-refractivity contribution is 5.30. The summed E-state index contributed by atoms with van der Waals surface area (Å²) in [7, 11) is 2.03. The maximum atomic E-state index is 4.59. The fourth-order valence-electron chi connectivity index (χ4n) is 2.57. The van der Waals surface area contributed by atoms with Gasteiger partial charge in [-0.05, 0) is 31.5 Å². The maximum Gasteiger partial charge on any atom is 0.244 e. The predicted molar refractivity (Wildman–Crippen MR) is 77.7 cm³/mol. The van der Waals surface area contributed by atoms with Crippen molar-refractivity contribution in [3.63, 3.8) is 0 Å². The zero-order valence-electron chi connectivity index (χ0n) is 11.7. The minimum atomic E-state index is 0.625. The Bertz CT molecular complexity index is 530. The molecule has 0 atom stereocenters. The van der Waals surface area contributed by atoms with Crippen LogP contribution in [-0.2, 0) is 6.42 Å². The Hall–Kier alpha value is -1.95. The van der Waals surface area contributed by atoms with Gasteiger partial charge in [-0.25, -0.2) is 0 Å². The van der Waals surface area contributed by atoms with E-state index in [0.717, 1.165) is 49.7 Å². The van der Waals surface area contributed by atoms with E-state index >= 15 is 0 Å². The Morgan fingerprint density at radius 3 is 2.95 bits per heavy atom. The molecule has 106 valence electrons. The number of nitrogens with zero attached hydrogens (tertiary/aromatic N) is 4. The third-order valence-corrected chi connectivity index (χ3v) is 3.80. The van der Waals surface area contributed by atoms with Crippen LogP contribution >= 0.6 is 0 Å². The van der Waals surface area contributed by atoms with Crippen molar-refractivity contribution in [2.24, 2.45) is 0 Å². The fraction of sp³-hybridized carbons (Fsp3) is 0.500. The van der Waals surface area contributed by atoms with Crippen LogP contribution in [0.1, 0.15) is 24.2 Å². The second-order valence-electron chi connectivity index (χ2n) is 5.17. The number of piperidine rings is 1. The molecular weight excluding hydrogens is 252 g/mol. The van der Waals surface area contributed by atoms with Gasteiger partial charge in [0.05, 0.1) is 0 Å². The summed E-state index contributed by atoms with van der Waals surface area (Å²) < 4.78 is 0. The van der Waals surface area contributed by atoms with Gasteiger partial charge in [-0.3, -0.25) is 10.1 Å². The number of rotatable bonds is 4. The molecule has 2 aromatic heterocycles. The molecule has 0 saturated carbocycles. The summed E-state index contributed by atoms with van der Waals surface area (Å²) in [5.41, 5.74) is 1.14. The minimum absolute atomic E-state index is 0.625. The second kappa shape index (κ2) is 6.00. The lowest BCUT2D eigenvalue weighted by Crippen LogP contribution is -2.41. The Morgan fingerprint density at radius 2 is 2.25 bits per heavy atom. The smallest absolute Gasteiger partial charge is 0.244 e. The molecule has 6 nitrogen and oxygen atoms in total. The lowest BCUT2D eigenvalue weighted by atomic mass is 10.1. The number of anilines is 1. The van der Waals surface area contributed by atoms with E-state index in [4.69, 9.17) is 0 Å². The van der Waals surface area contributed by atoms with E-state index < -0.39 is 0 Å². The molecule has 6 heteroatoms. The molecule has 0 unspecified atom stereocenters. The van der Waals surface area contributed by atoms with E-state index in [0.29, 0.717) is 6.04 Å². The van der Waals surface area contributed by atoms with Gasteiger partial charge in [-0.2, -0.15) is 4.98 Å². The van der Waals surface area contributed by atoms with Crippen molar-refractivity contribution in [2.45, 2.75) is 25.3 Å². The van der Waals surface area contributed by atoms with Crippen LogP contribution < -0.4 is 10.2 Å². The zero-order chi connectivity index (χ0) is 13.8. The molecule has 2 aromatic rings. The van der Waals surface area contributed by atoms with Crippen molar-refractivity contribution in [1.29, 1.82) is 0 Å². The van der Waals surface area contributed by atoms with Gasteiger partial charge >= 0.3 is 0 Å². The Morgan fingerprint density at radius 1 is 1.40 bits per heavy atom. The number of aromatic nitrogens is 4. The third-order valence-electron chi connectivity index (χ3n) is 3.80. The van der Waals surface area contributed by atoms with Crippen LogP contribution in [0.5, 0.6) is 0 Å². The highest BCUT2D eigenvalue weighted by atomic mass is 15.4. The van der Waals surface area contributed by atoms with E-state index in [-0.39, 0.29) is 0 Å². The van der Waals surface area contributed by atoms with Gasteiger partial charge in [-0.1, -0.05) is 6.07 Å². The Labute approximate surface area is 118 Å². The minimum Gasteiger partial charge on any atom is -0.339 e. The molecule has 0 spiro atoms. The molecule has 3 rings (SSSR count). The summed E-state index contributed by atoms with van der Waals surface area (Å²) in [5, 5.41) is 10.7. The van der Waals surface area contributed by atoms with Crippen molar-refractivity contribution in [3.8, 4) is 0 Å². The SMILES string of the molecule is CNC1CCN(c2n[nH]c(Cc3cccnc3)n2)CC1. The number of hydrogen-bond donors (Lipinski definition) is 2.